The van der Waals surface area contributed by atoms with Crippen LogP contribution in [0.2, 0.25) is 0 Å². The van der Waals surface area contributed by atoms with Crippen LogP contribution in [0.1, 0.15) is 27.0 Å². The number of amides is 2. The fourth-order valence-electron chi connectivity index (χ4n) is 2.35. The highest BCUT2D eigenvalue weighted by atomic mass is 16.5. The third kappa shape index (κ3) is 5.90. The summed E-state index contributed by atoms with van der Waals surface area (Å²) < 4.78 is 4.91. The van der Waals surface area contributed by atoms with Crippen LogP contribution < -0.4 is 11.1 Å². The van der Waals surface area contributed by atoms with Crippen molar-refractivity contribution in [2.45, 2.75) is 13.8 Å². The third-order valence-corrected chi connectivity index (χ3v) is 3.46. The lowest BCUT2D eigenvalue weighted by molar-refractivity contribution is -0.142. The molecule has 0 saturated heterocycles. The van der Waals surface area contributed by atoms with E-state index < -0.39 is 17.8 Å². The number of anilines is 1. The number of primary amides is 1. The number of hydrogen-bond acceptors (Lipinski definition) is 4. The van der Waals surface area contributed by atoms with Crippen molar-refractivity contribution >= 4 is 29.5 Å². The lowest BCUT2D eigenvalue weighted by Crippen LogP contribution is -2.20. The quantitative estimate of drug-likeness (QED) is 0.617. The van der Waals surface area contributed by atoms with Crippen LogP contribution >= 0.6 is 0 Å². The van der Waals surface area contributed by atoms with Gasteiger partial charge in [-0.25, -0.2) is 4.79 Å². The molecular weight excluding hydrogens is 332 g/mol. The molecule has 0 radical (unpaired) electrons. The Morgan fingerprint density at radius 1 is 1.04 bits per heavy atom. The topological polar surface area (TPSA) is 98.5 Å². The Morgan fingerprint density at radius 3 is 2.23 bits per heavy atom. The van der Waals surface area contributed by atoms with Crippen LogP contribution in [0, 0.1) is 13.8 Å². The molecule has 0 bridgehead atoms. The number of ether oxygens (including phenoxy) is 1. The van der Waals surface area contributed by atoms with E-state index in [1.165, 1.54) is 12.2 Å². The molecule has 0 aromatic heterocycles. The van der Waals surface area contributed by atoms with E-state index in [9.17, 15) is 14.4 Å². The summed E-state index contributed by atoms with van der Waals surface area (Å²) in [7, 11) is 0. The second-order valence-electron chi connectivity index (χ2n) is 5.85. The van der Waals surface area contributed by atoms with Crippen LogP contribution in [0.4, 0.5) is 5.69 Å². The summed E-state index contributed by atoms with van der Waals surface area (Å²) in [5, 5.41) is 2.69. The van der Waals surface area contributed by atoms with Crippen LogP contribution in [0.15, 0.2) is 48.5 Å². The first-order valence-electron chi connectivity index (χ1n) is 7.96. The second-order valence-corrected chi connectivity index (χ2v) is 5.85. The molecule has 0 heterocycles. The van der Waals surface area contributed by atoms with E-state index in [0.717, 1.165) is 11.1 Å². The van der Waals surface area contributed by atoms with Crippen LogP contribution in [0.5, 0.6) is 0 Å². The van der Waals surface area contributed by atoms with Crippen molar-refractivity contribution in [1.82, 2.24) is 0 Å². The van der Waals surface area contributed by atoms with Gasteiger partial charge in [0.15, 0.2) is 6.61 Å². The summed E-state index contributed by atoms with van der Waals surface area (Å²) in [5.74, 6) is -1.57. The number of nitrogens with two attached hydrogens (primary N) is 1. The number of nitrogens with one attached hydrogen (secondary N) is 1. The highest BCUT2D eigenvalue weighted by Crippen LogP contribution is 2.13. The zero-order valence-electron chi connectivity index (χ0n) is 14.6. The Morgan fingerprint density at radius 2 is 1.65 bits per heavy atom. The maximum Gasteiger partial charge on any atom is 0.331 e. The minimum absolute atomic E-state index is 0.378. The minimum Gasteiger partial charge on any atom is -0.452 e. The molecule has 2 amide bonds. The van der Waals surface area contributed by atoms with Gasteiger partial charge in [-0.3, -0.25) is 9.59 Å². The van der Waals surface area contributed by atoms with E-state index in [1.807, 2.05) is 32.0 Å². The SMILES string of the molecule is Cc1cc(C)cc(NC(=O)COC(=O)C=Cc2ccc(C(N)=O)cc2)c1. The number of hydrogen-bond donors (Lipinski definition) is 2. The molecule has 0 atom stereocenters. The molecule has 0 aliphatic carbocycles. The summed E-state index contributed by atoms with van der Waals surface area (Å²) in [5.41, 5.74) is 8.96. The predicted octanol–water partition coefficient (Wildman–Crippen LogP) is 2.60. The molecule has 6 heteroatoms. The highest BCUT2D eigenvalue weighted by Gasteiger charge is 2.06. The van der Waals surface area contributed by atoms with Crippen molar-refractivity contribution < 1.29 is 19.1 Å². The van der Waals surface area contributed by atoms with Crippen molar-refractivity contribution in [1.29, 1.82) is 0 Å². The molecule has 0 spiro atoms. The molecule has 134 valence electrons. The monoisotopic (exact) mass is 352 g/mol. The maximum absolute atomic E-state index is 11.9. The van der Waals surface area contributed by atoms with Gasteiger partial charge in [-0.15, -0.1) is 0 Å². The molecule has 0 aliphatic rings. The summed E-state index contributed by atoms with van der Waals surface area (Å²) in [6.07, 6.45) is 2.73. The molecule has 0 saturated carbocycles. The van der Waals surface area contributed by atoms with Crippen molar-refractivity contribution in [2.75, 3.05) is 11.9 Å². The van der Waals surface area contributed by atoms with E-state index in [4.69, 9.17) is 10.5 Å². The average Bonchev–Trinajstić information content (AvgIpc) is 2.57. The largest absolute Gasteiger partial charge is 0.452 e. The van der Waals surface area contributed by atoms with E-state index in [0.29, 0.717) is 16.8 Å². The summed E-state index contributed by atoms with van der Waals surface area (Å²) in [4.78, 5) is 34.5. The van der Waals surface area contributed by atoms with Crippen molar-refractivity contribution in [3.05, 3.63) is 70.8 Å². The van der Waals surface area contributed by atoms with Gasteiger partial charge in [-0.05, 0) is 60.9 Å². The Bertz CT molecular complexity index is 834. The number of benzene rings is 2. The van der Waals surface area contributed by atoms with Crippen molar-refractivity contribution in [2.24, 2.45) is 5.73 Å². The Hall–Kier alpha value is -3.41. The van der Waals surface area contributed by atoms with Crippen molar-refractivity contribution in [3.63, 3.8) is 0 Å². The molecule has 2 rings (SSSR count). The van der Waals surface area contributed by atoms with E-state index in [-0.39, 0.29) is 6.61 Å². The molecule has 3 N–H and O–H groups in total. The molecule has 6 nitrogen and oxygen atoms in total. The first kappa shape index (κ1) is 18.9. The van der Waals surface area contributed by atoms with Gasteiger partial charge < -0.3 is 15.8 Å². The molecule has 0 fully saturated rings. The molecular formula is C20H20N2O4. The van der Waals surface area contributed by atoms with Crippen LogP contribution in [-0.4, -0.2) is 24.4 Å². The number of carbonyl (C=O) groups is 3. The second kappa shape index (κ2) is 8.62. The lowest BCUT2D eigenvalue weighted by atomic mass is 10.1. The van der Waals surface area contributed by atoms with Crippen LogP contribution in [0.25, 0.3) is 6.08 Å². The molecule has 2 aromatic rings. The van der Waals surface area contributed by atoms with Gasteiger partial charge >= 0.3 is 5.97 Å². The number of aryl methyl sites for hydroxylation is 2. The van der Waals surface area contributed by atoms with Crippen LogP contribution in [0.3, 0.4) is 0 Å². The first-order valence-corrected chi connectivity index (χ1v) is 7.96. The zero-order valence-corrected chi connectivity index (χ0v) is 14.6. The fourth-order valence-corrected chi connectivity index (χ4v) is 2.35. The standard InChI is InChI=1S/C20H20N2O4/c1-13-9-14(2)11-17(10-13)22-18(23)12-26-19(24)8-5-15-3-6-16(7-4-15)20(21)25/h3-11H,12H2,1-2H3,(H2,21,25)(H,22,23). The van der Waals surface area contributed by atoms with Gasteiger partial charge in [0.25, 0.3) is 5.91 Å². The Labute approximate surface area is 151 Å². The fraction of sp³-hybridized carbons (Fsp3) is 0.150. The summed E-state index contributed by atoms with van der Waals surface area (Å²) in [6, 6.07) is 12.1. The summed E-state index contributed by atoms with van der Waals surface area (Å²) in [6.45, 7) is 3.49. The summed E-state index contributed by atoms with van der Waals surface area (Å²) >= 11 is 0. The Kier molecular flexibility index (Phi) is 6.27. The number of carbonyl (C=O) groups excluding carboxylic acids is 3. The van der Waals surface area contributed by atoms with Crippen LogP contribution in [-0.2, 0) is 14.3 Å². The van der Waals surface area contributed by atoms with Gasteiger partial charge in [0.1, 0.15) is 0 Å². The zero-order chi connectivity index (χ0) is 19.1. The highest BCUT2D eigenvalue weighted by molar-refractivity contribution is 5.95. The van der Waals surface area contributed by atoms with Gasteiger partial charge in [-0.1, -0.05) is 18.2 Å². The molecule has 26 heavy (non-hydrogen) atoms. The smallest absolute Gasteiger partial charge is 0.331 e. The predicted molar refractivity (Wildman–Crippen MR) is 99.5 cm³/mol. The van der Waals surface area contributed by atoms with E-state index in [1.54, 1.807) is 24.3 Å². The minimum atomic E-state index is -0.639. The van der Waals surface area contributed by atoms with Gasteiger partial charge in [0.2, 0.25) is 5.91 Å². The maximum atomic E-state index is 11.9. The van der Waals surface area contributed by atoms with E-state index in [2.05, 4.69) is 5.32 Å². The molecule has 0 unspecified atom stereocenters. The number of esters is 1. The molecule has 0 aliphatic heterocycles. The van der Waals surface area contributed by atoms with E-state index >= 15 is 0 Å². The molecule has 2 aromatic carbocycles. The third-order valence-electron chi connectivity index (χ3n) is 3.46. The van der Waals surface area contributed by atoms with Gasteiger partial charge in [0.05, 0.1) is 0 Å². The number of rotatable bonds is 6. The Balaban J connectivity index is 1.83. The van der Waals surface area contributed by atoms with Crippen molar-refractivity contribution in [3.8, 4) is 0 Å². The van der Waals surface area contributed by atoms with Gasteiger partial charge in [-0.2, -0.15) is 0 Å². The first-order chi connectivity index (χ1) is 12.3. The van der Waals surface area contributed by atoms with Gasteiger partial charge in [0, 0.05) is 17.3 Å². The average molecular weight is 352 g/mol. The lowest BCUT2D eigenvalue weighted by Gasteiger charge is -2.07. The normalized spacial score (nSPS) is 10.5.